The molecule has 1 N–H and O–H groups in total. The second kappa shape index (κ2) is 12.0. The second-order valence-corrected chi connectivity index (χ2v) is 11.7. The van der Waals surface area contributed by atoms with Gasteiger partial charge >= 0.3 is 0 Å². The van der Waals surface area contributed by atoms with Gasteiger partial charge in [-0.15, -0.1) is 0 Å². The van der Waals surface area contributed by atoms with Crippen LogP contribution in [0.1, 0.15) is 62.6 Å². The summed E-state index contributed by atoms with van der Waals surface area (Å²) in [6.45, 7) is 7.74. The van der Waals surface area contributed by atoms with Gasteiger partial charge in [0.2, 0.25) is 11.8 Å². The van der Waals surface area contributed by atoms with E-state index >= 15 is 0 Å². The topological polar surface area (TPSA) is 55.9 Å². The molecule has 3 saturated heterocycles. The number of nitrogens with zero attached hydrogens (tertiary/aromatic N) is 3. The molecule has 2 amide bonds. The molecule has 3 heterocycles. The standard InChI is InChI=1S/C32H44N4O2/c1-25(26-9-5-3-6-10-26)33-31(38)32(28-11-7-4-8-12-28)17-23-36(24-18-32)30(37)27-13-21-35(22-14-27)29-15-19-34(2)20-16-29/h3-12,25,27,29H,13-24H2,1-2H3,(H,33,38)/t25-/m0/s1. The Bertz CT molecular complexity index is 1050. The minimum absolute atomic E-state index is 0.0681. The van der Waals surface area contributed by atoms with Crippen molar-refractivity contribution in [2.45, 2.75) is 62.9 Å². The van der Waals surface area contributed by atoms with Gasteiger partial charge in [0.1, 0.15) is 0 Å². The first-order chi connectivity index (χ1) is 18.5. The maximum atomic E-state index is 13.9. The van der Waals surface area contributed by atoms with Crippen LogP contribution in [0.4, 0.5) is 0 Å². The summed E-state index contributed by atoms with van der Waals surface area (Å²) in [5.74, 6) is 0.486. The Kier molecular flexibility index (Phi) is 8.49. The largest absolute Gasteiger partial charge is 0.349 e. The van der Waals surface area contributed by atoms with E-state index < -0.39 is 5.41 Å². The molecule has 3 aliphatic heterocycles. The van der Waals surface area contributed by atoms with E-state index in [1.807, 2.05) is 48.2 Å². The van der Waals surface area contributed by atoms with Crippen molar-refractivity contribution in [3.05, 3.63) is 71.8 Å². The number of piperidine rings is 3. The van der Waals surface area contributed by atoms with Crippen LogP contribution >= 0.6 is 0 Å². The van der Waals surface area contributed by atoms with Crippen LogP contribution in [0.3, 0.4) is 0 Å². The van der Waals surface area contributed by atoms with Crippen LogP contribution in [0.25, 0.3) is 0 Å². The van der Waals surface area contributed by atoms with Crippen LogP contribution in [0, 0.1) is 5.92 Å². The maximum absolute atomic E-state index is 13.9. The highest BCUT2D eigenvalue weighted by Gasteiger charge is 2.45. The number of carbonyl (C=O) groups excluding carboxylic acids is 2. The highest BCUT2D eigenvalue weighted by atomic mass is 16.2. The number of amides is 2. The molecular formula is C32H44N4O2. The minimum atomic E-state index is -0.613. The summed E-state index contributed by atoms with van der Waals surface area (Å²) in [6, 6.07) is 20.9. The highest BCUT2D eigenvalue weighted by molar-refractivity contribution is 5.89. The second-order valence-electron chi connectivity index (χ2n) is 11.7. The number of benzene rings is 2. The van der Waals surface area contributed by atoms with Crippen LogP contribution in [0.5, 0.6) is 0 Å². The Morgan fingerprint density at radius 2 is 1.39 bits per heavy atom. The Labute approximate surface area is 228 Å². The van der Waals surface area contributed by atoms with Crippen molar-refractivity contribution in [2.24, 2.45) is 5.92 Å². The summed E-state index contributed by atoms with van der Waals surface area (Å²) >= 11 is 0. The number of rotatable bonds is 6. The SMILES string of the molecule is C[C@H](NC(=O)C1(c2ccccc2)CCN(C(=O)C2CCN(C3CCN(C)CC3)CC2)CC1)c1ccccc1. The minimum Gasteiger partial charge on any atom is -0.349 e. The average Bonchev–Trinajstić information content (AvgIpc) is 2.98. The molecule has 6 heteroatoms. The Balaban J connectivity index is 1.21. The third-order valence-corrected chi connectivity index (χ3v) is 9.42. The lowest BCUT2D eigenvalue weighted by molar-refractivity contribution is -0.141. The van der Waals surface area contributed by atoms with Gasteiger partial charge in [0, 0.05) is 25.0 Å². The molecule has 3 fully saturated rings. The summed E-state index contributed by atoms with van der Waals surface area (Å²) in [6.07, 6.45) is 5.72. The molecule has 0 aliphatic carbocycles. The molecule has 0 aromatic heterocycles. The summed E-state index contributed by atoms with van der Waals surface area (Å²) in [5, 5.41) is 3.30. The van der Waals surface area contributed by atoms with Gasteiger partial charge in [-0.3, -0.25) is 9.59 Å². The predicted molar refractivity (Wildman–Crippen MR) is 152 cm³/mol. The van der Waals surface area contributed by atoms with Gasteiger partial charge < -0.3 is 20.0 Å². The first-order valence-corrected chi connectivity index (χ1v) is 14.6. The van der Waals surface area contributed by atoms with Crippen molar-refractivity contribution in [1.82, 2.24) is 20.0 Å². The van der Waals surface area contributed by atoms with Gasteiger partial charge in [-0.25, -0.2) is 0 Å². The van der Waals surface area contributed by atoms with Gasteiger partial charge in [0.05, 0.1) is 11.5 Å². The van der Waals surface area contributed by atoms with E-state index in [0.29, 0.717) is 37.9 Å². The van der Waals surface area contributed by atoms with Gasteiger partial charge in [-0.2, -0.15) is 0 Å². The van der Waals surface area contributed by atoms with Crippen molar-refractivity contribution >= 4 is 11.8 Å². The Hall–Kier alpha value is -2.70. The molecule has 0 radical (unpaired) electrons. The molecule has 3 aliphatic rings. The first kappa shape index (κ1) is 26.9. The smallest absolute Gasteiger partial charge is 0.231 e. The van der Waals surface area contributed by atoms with Gasteiger partial charge in [-0.05, 0) is 89.8 Å². The monoisotopic (exact) mass is 516 g/mol. The summed E-state index contributed by atoms with van der Waals surface area (Å²) in [4.78, 5) is 34.5. The zero-order valence-electron chi connectivity index (χ0n) is 23.1. The zero-order chi connectivity index (χ0) is 26.5. The molecule has 1 atom stereocenters. The lowest BCUT2D eigenvalue weighted by Gasteiger charge is -2.44. The van der Waals surface area contributed by atoms with Crippen LogP contribution in [0.15, 0.2) is 60.7 Å². The van der Waals surface area contributed by atoms with E-state index in [4.69, 9.17) is 0 Å². The lowest BCUT2D eigenvalue weighted by Crippen LogP contribution is -2.54. The molecule has 2 aromatic carbocycles. The first-order valence-electron chi connectivity index (χ1n) is 14.6. The van der Waals surface area contributed by atoms with Crippen LogP contribution < -0.4 is 5.32 Å². The molecule has 2 aromatic rings. The predicted octanol–water partition coefficient (Wildman–Crippen LogP) is 4.23. The fourth-order valence-electron chi connectivity index (χ4n) is 6.80. The van der Waals surface area contributed by atoms with Crippen molar-refractivity contribution in [2.75, 3.05) is 46.3 Å². The van der Waals surface area contributed by atoms with E-state index in [0.717, 1.165) is 37.1 Å². The van der Waals surface area contributed by atoms with Crippen molar-refractivity contribution < 1.29 is 9.59 Å². The third kappa shape index (κ3) is 5.81. The van der Waals surface area contributed by atoms with E-state index in [9.17, 15) is 9.59 Å². The van der Waals surface area contributed by atoms with Crippen molar-refractivity contribution in [1.29, 1.82) is 0 Å². The summed E-state index contributed by atoms with van der Waals surface area (Å²) in [7, 11) is 2.21. The van der Waals surface area contributed by atoms with E-state index in [-0.39, 0.29) is 17.9 Å². The number of hydrogen-bond donors (Lipinski definition) is 1. The quantitative estimate of drug-likeness (QED) is 0.624. The van der Waals surface area contributed by atoms with Gasteiger partial charge in [-0.1, -0.05) is 60.7 Å². The number of carbonyl (C=O) groups is 2. The lowest BCUT2D eigenvalue weighted by atomic mass is 9.71. The number of hydrogen-bond acceptors (Lipinski definition) is 4. The summed E-state index contributed by atoms with van der Waals surface area (Å²) < 4.78 is 0. The number of nitrogens with one attached hydrogen (secondary N) is 1. The fraction of sp³-hybridized carbons (Fsp3) is 0.562. The normalized spacial score (nSPS) is 22.6. The molecule has 204 valence electrons. The molecule has 0 saturated carbocycles. The molecular weight excluding hydrogens is 472 g/mol. The highest BCUT2D eigenvalue weighted by Crippen LogP contribution is 2.37. The van der Waals surface area contributed by atoms with Crippen LogP contribution in [0.2, 0.25) is 0 Å². The van der Waals surface area contributed by atoms with E-state index in [1.54, 1.807) is 0 Å². The van der Waals surface area contributed by atoms with E-state index in [2.05, 4.69) is 46.4 Å². The van der Waals surface area contributed by atoms with Crippen molar-refractivity contribution in [3.8, 4) is 0 Å². The molecule has 0 bridgehead atoms. The molecule has 38 heavy (non-hydrogen) atoms. The Morgan fingerprint density at radius 3 is 2.00 bits per heavy atom. The molecule has 0 spiro atoms. The maximum Gasteiger partial charge on any atom is 0.231 e. The van der Waals surface area contributed by atoms with Gasteiger partial charge in [0.25, 0.3) is 0 Å². The van der Waals surface area contributed by atoms with Crippen LogP contribution in [-0.4, -0.2) is 78.9 Å². The molecule has 0 unspecified atom stereocenters. The number of likely N-dealkylation sites (tertiary alicyclic amines) is 3. The van der Waals surface area contributed by atoms with Gasteiger partial charge in [0.15, 0.2) is 0 Å². The van der Waals surface area contributed by atoms with Crippen LogP contribution in [-0.2, 0) is 15.0 Å². The third-order valence-electron chi connectivity index (χ3n) is 9.42. The zero-order valence-corrected chi connectivity index (χ0v) is 23.1. The summed E-state index contributed by atoms with van der Waals surface area (Å²) in [5.41, 5.74) is 1.54. The van der Waals surface area contributed by atoms with Crippen molar-refractivity contribution in [3.63, 3.8) is 0 Å². The molecule has 5 rings (SSSR count). The molecule has 6 nitrogen and oxygen atoms in total. The Morgan fingerprint density at radius 1 is 0.816 bits per heavy atom. The average molecular weight is 517 g/mol. The fourth-order valence-corrected chi connectivity index (χ4v) is 6.80. The van der Waals surface area contributed by atoms with E-state index in [1.165, 1.54) is 25.9 Å².